The molecule has 0 aliphatic carbocycles. The minimum atomic E-state index is 0.132. The van der Waals surface area contributed by atoms with Gasteiger partial charge in [0.2, 0.25) is 5.91 Å². The maximum atomic E-state index is 11.3. The summed E-state index contributed by atoms with van der Waals surface area (Å²) in [6.45, 7) is 3.96. The van der Waals surface area contributed by atoms with Crippen LogP contribution in [0.2, 0.25) is 0 Å². The second kappa shape index (κ2) is 7.34. The Bertz CT molecular complexity index is 311. The van der Waals surface area contributed by atoms with Crippen LogP contribution in [0, 0.1) is 0 Å². The fraction of sp³-hybridized carbons (Fsp3) is 0.462. The molecule has 1 N–H and O–H groups in total. The average molecular weight is 237 g/mol. The van der Waals surface area contributed by atoms with E-state index in [1.165, 1.54) is 5.56 Å². The number of carbonyl (C=O) groups excluding carboxylic acids is 1. The molecule has 2 nitrogen and oxygen atoms in total. The summed E-state index contributed by atoms with van der Waals surface area (Å²) in [5.74, 6) is 1.69. The number of amides is 1. The molecule has 0 bridgehead atoms. The minimum absolute atomic E-state index is 0.132. The number of nitrogens with one attached hydrogen (secondary N) is 1. The lowest BCUT2D eigenvalue weighted by atomic mass is 10.2. The zero-order chi connectivity index (χ0) is 11.8. The zero-order valence-corrected chi connectivity index (χ0v) is 10.7. The summed E-state index contributed by atoms with van der Waals surface area (Å²) >= 11 is 1.69. The predicted molar refractivity (Wildman–Crippen MR) is 70.7 cm³/mol. The van der Waals surface area contributed by atoms with Gasteiger partial charge in [0, 0.05) is 6.04 Å². The maximum absolute atomic E-state index is 11.3. The van der Waals surface area contributed by atoms with Crippen LogP contribution in [0.15, 0.2) is 30.3 Å². The number of hydrogen-bond acceptors (Lipinski definition) is 2. The first-order chi connectivity index (χ1) is 7.68. The summed E-state index contributed by atoms with van der Waals surface area (Å²) in [6, 6.07) is 10.6. The molecule has 3 heteroatoms. The molecule has 0 aliphatic heterocycles. The van der Waals surface area contributed by atoms with Crippen LogP contribution in [0.25, 0.3) is 0 Å². The van der Waals surface area contributed by atoms with Crippen molar-refractivity contribution in [1.29, 1.82) is 0 Å². The van der Waals surface area contributed by atoms with Crippen LogP contribution in [0.5, 0.6) is 0 Å². The van der Waals surface area contributed by atoms with E-state index < -0.39 is 0 Å². The third-order valence-electron chi connectivity index (χ3n) is 2.06. The Morgan fingerprint density at radius 2 is 2.00 bits per heavy atom. The highest BCUT2D eigenvalue weighted by Gasteiger charge is 2.02. The van der Waals surface area contributed by atoms with Gasteiger partial charge in [-0.2, -0.15) is 11.8 Å². The van der Waals surface area contributed by atoms with Gasteiger partial charge in [0.1, 0.15) is 0 Å². The van der Waals surface area contributed by atoms with Gasteiger partial charge in [0.05, 0.1) is 5.75 Å². The molecule has 1 rings (SSSR count). The van der Waals surface area contributed by atoms with Crippen molar-refractivity contribution < 1.29 is 4.79 Å². The number of hydrogen-bond donors (Lipinski definition) is 1. The van der Waals surface area contributed by atoms with Gasteiger partial charge in [-0.1, -0.05) is 30.3 Å². The van der Waals surface area contributed by atoms with Crippen molar-refractivity contribution in [3.8, 4) is 0 Å². The molecular formula is C13H19NOS. The molecule has 0 fully saturated rings. The molecule has 0 saturated heterocycles. The molecule has 0 spiro atoms. The zero-order valence-electron chi connectivity index (χ0n) is 9.90. The number of benzene rings is 1. The molecule has 16 heavy (non-hydrogen) atoms. The summed E-state index contributed by atoms with van der Waals surface area (Å²) < 4.78 is 0. The SMILES string of the molecule is CC(C)NC(=O)CSCCc1ccccc1. The van der Waals surface area contributed by atoms with E-state index in [-0.39, 0.29) is 11.9 Å². The highest BCUT2D eigenvalue weighted by Crippen LogP contribution is 2.06. The van der Waals surface area contributed by atoms with Crippen molar-refractivity contribution in [2.45, 2.75) is 26.3 Å². The van der Waals surface area contributed by atoms with Gasteiger partial charge in [-0.25, -0.2) is 0 Å². The van der Waals surface area contributed by atoms with Crippen LogP contribution in [0.1, 0.15) is 19.4 Å². The molecule has 0 radical (unpaired) electrons. The summed E-state index contributed by atoms with van der Waals surface area (Å²) in [7, 11) is 0. The largest absolute Gasteiger partial charge is 0.353 e. The lowest BCUT2D eigenvalue weighted by molar-refractivity contribution is -0.119. The standard InChI is InChI=1S/C13H19NOS/c1-11(2)14-13(15)10-16-9-8-12-6-4-3-5-7-12/h3-7,11H,8-10H2,1-2H3,(H,14,15). The Kier molecular flexibility index (Phi) is 6.01. The molecular weight excluding hydrogens is 218 g/mol. The highest BCUT2D eigenvalue weighted by atomic mass is 32.2. The molecule has 0 aliphatic rings. The first-order valence-corrected chi connectivity index (χ1v) is 6.75. The first kappa shape index (κ1) is 13.1. The number of carbonyl (C=O) groups is 1. The van der Waals surface area contributed by atoms with E-state index in [1.807, 2.05) is 32.0 Å². The fourth-order valence-electron chi connectivity index (χ4n) is 1.36. The smallest absolute Gasteiger partial charge is 0.230 e. The van der Waals surface area contributed by atoms with Crippen LogP contribution in [-0.2, 0) is 11.2 Å². The van der Waals surface area contributed by atoms with Crippen LogP contribution in [0.3, 0.4) is 0 Å². The van der Waals surface area contributed by atoms with E-state index in [0.717, 1.165) is 12.2 Å². The van der Waals surface area contributed by atoms with E-state index in [4.69, 9.17) is 0 Å². The molecule has 1 amide bonds. The second-order valence-corrected chi connectivity index (χ2v) is 5.12. The van der Waals surface area contributed by atoms with Crippen LogP contribution in [-0.4, -0.2) is 23.5 Å². The van der Waals surface area contributed by atoms with Gasteiger partial charge >= 0.3 is 0 Å². The number of aryl methyl sites for hydroxylation is 1. The number of rotatable bonds is 6. The van der Waals surface area contributed by atoms with Gasteiger partial charge in [-0.05, 0) is 31.6 Å². The topological polar surface area (TPSA) is 29.1 Å². The third kappa shape index (κ3) is 5.81. The Hall–Kier alpha value is -0.960. The molecule has 88 valence electrons. The molecule has 0 atom stereocenters. The van der Waals surface area contributed by atoms with E-state index >= 15 is 0 Å². The molecule has 0 unspecified atom stereocenters. The van der Waals surface area contributed by atoms with Gasteiger partial charge < -0.3 is 5.32 Å². The van der Waals surface area contributed by atoms with Gasteiger partial charge in [0.15, 0.2) is 0 Å². The van der Waals surface area contributed by atoms with Crippen molar-refractivity contribution in [1.82, 2.24) is 5.32 Å². The fourth-order valence-corrected chi connectivity index (χ4v) is 2.16. The Morgan fingerprint density at radius 3 is 2.62 bits per heavy atom. The molecule has 0 saturated carbocycles. The Labute approximate surface area is 102 Å². The highest BCUT2D eigenvalue weighted by molar-refractivity contribution is 7.99. The van der Waals surface area contributed by atoms with Crippen molar-refractivity contribution in [3.05, 3.63) is 35.9 Å². The van der Waals surface area contributed by atoms with Crippen LogP contribution >= 0.6 is 11.8 Å². The van der Waals surface area contributed by atoms with Gasteiger partial charge in [-0.15, -0.1) is 0 Å². The normalized spacial score (nSPS) is 10.4. The third-order valence-corrected chi connectivity index (χ3v) is 3.02. The van der Waals surface area contributed by atoms with E-state index in [2.05, 4.69) is 17.4 Å². The molecule has 1 aromatic carbocycles. The second-order valence-electron chi connectivity index (χ2n) is 4.01. The lowest BCUT2D eigenvalue weighted by Crippen LogP contribution is -2.31. The van der Waals surface area contributed by atoms with E-state index in [1.54, 1.807) is 11.8 Å². The summed E-state index contributed by atoms with van der Waals surface area (Å²) in [4.78, 5) is 11.3. The summed E-state index contributed by atoms with van der Waals surface area (Å²) in [5.41, 5.74) is 1.33. The average Bonchev–Trinajstić information content (AvgIpc) is 2.25. The molecule has 0 heterocycles. The maximum Gasteiger partial charge on any atom is 0.230 e. The van der Waals surface area contributed by atoms with E-state index in [0.29, 0.717) is 5.75 Å². The van der Waals surface area contributed by atoms with Gasteiger partial charge in [-0.3, -0.25) is 4.79 Å². The Balaban J connectivity index is 2.10. The van der Waals surface area contributed by atoms with Crippen molar-refractivity contribution in [2.24, 2.45) is 0 Å². The lowest BCUT2D eigenvalue weighted by Gasteiger charge is -2.07. The van der Waals surface area contributed by atoms with Crippen LogP contribution < -0.4 is 5.32 Å². The summed E-state index contributed by atoms with van der Waals surface area (Å²) in [5, 5.41) is 2.88. The van der Waals surface area contributed by atoms with Gasteiger partial charge in [0.25, 0.3) is 0 Å². The quantitative estimate of drug-likeness (QED) is 0.770. The monoisotopic (exact) mass is 237 g/mol. The molecule has 0 aromatic heterocycles. The van der Waals surface area contributed by atoms with Crippen LogP contribution in [0.4, 0.5) is 0 Å². The van der Waals surface area contributed by atoms with E-state index in [9.17, 15) is 4.79 Å². The Morgan fingerprint density at radius 1 is 1.31 bits per heavy atom. The van der Waals surface area contributed by atoms with Crippen molar-refractivity contribution in [2.75, 3.05) is 11.5 Å². The van der Waals surface area contributed by atoms with Crippen molar-refractivity contribution in [3.63, 3.8) is 0 Å². The van der Waals surface area contributed by atoms with Crippen molar-refractivity contribution >= 4 is 17.7 Å². The molecule has 1 aromatic rings. The summed E-state index contributed by atoms with van der Waals surface area (Å²) in [6.07, 6.45) is 1.03. The number of thioether (sulfide) groups is 1. The minimum Gasteiger partial charge on any atom is -0.353 e. The first-order valence-electron chi connectivity index (χ1n) is 5.59. The predicted octanol–water partition coefficient (Wildman–Crippen LogP) is 2.49.